The Morgan fingerprint density at radius 1 is 1.30 bits per heavy atom. The van der Waals surface area contributed by atoms with E-state index in [2.05, 4.69) is 38.5 Å². The smallest absolute Gasteiger partial charge is 0.248 e. The van der Waals surface area contributed by atoms with Gasteiger partial charge in [0.2, 0.25) is 5.91 Å². The van der Waals surface area contributed by atoms with Gasteiger partial charge in [-0.25, -0.2) is 0 Å². The standard InChI is InChI=1S/C20H18BrN3O2S/c1-26-19-9-8-16(21)11-15(19)7-10-20(25)23-17-12-22-24(13-17)14-27-18-5-3-2-4-6-18/h2-13H,14H2,1H3,(H,23,25)/b10-7+. The summed E-state index contributed by atoms with van der Waals surface area (Å²) in [6.45, 7) is 0. The molecule has 7 heteroatoms. The number of anilines is 1. The third-order valence-electron chi connectivity index (χ3n) is 3.61. The van der Waals surface area contributed by atoms with Gasteiger partial charge in [0, 0.05) is 27.2 Å². The molecule has 0 unspecified atom stereocenters. The van der Waals surface area contributed by atoms with Crippen molar-refractivity contribution in [2.24, 2.45) is 0 Å². The monoisotopic (exact) mass is 443 g/mol. The SMILES string of the molecule is COc1ccc(Br)cc1/C=C/C(=O)Nc1cnn(CSc2ccccc2)c1. The number of carbonyl (C=O) groups is 1. The molecule has 1 heterocycles. The number of methoxy groups -OCH3 is 1. The molecule has 1 aromatic heterocycles. The molecule has 0 saturated heterocycles. The molecule has 3 rings (SSSR count). The third-order valence-corrected chi connectivity index (χ3v) is 5.11. The average Bonchev–Trinajstić information content (AvgIpc) is 3.13. The largest absolute Gasteiger partial charge is 0.496 e. The second-order valence-electron chi connectivity index (χ2n) is 5.56. The number of amides is 1. The minimum Gasteiger partial charge on any atom is -0.496 e. The lowest BCUT2D eigenvalue weighted by atomic mass is 10.2. The Morgan fingerprint density at radius 2 is 2.11 bits per heavy atom. The number of nitrogens with zero attached hydrogens (tertiary/aromatic N) is 2. The molecule has 0 spiro atoms. The molecule has 0 saturated carbocycles. The van der Waals surface area contributed by atoms with E-state index in [1.165, 1.54) is 11.0 Å². The highest BCUT2D eigenvalue weighted by Crippen LogP contribution is 2.24. The lowest BCUT2D eigenvalue weighted by Gasteiger charge is -2.05. The zero-order chi connectivity index (χ0) is 19.1. The van der Waals surface area contributed by atoms with Gasteiger partial charge >= 0.3 is 0 Å². The zero-order valence-corrected chi connectivity index (χ0v) is 17.0. The number of hydrogen-bond acceptors (Lipinski definition) is 4. The van der Waals surface area contributed by atoms with Crippen LogP contribution in [0.3, 0.4) is 0 Å². The van der Waals surface area contributed by atoms with Crippen molar-refractivity contribution in [3.63, 3.8) is 0 Å². The van der Waals surface area contributed by atoms with Crippen molar-refractivity contribution in [1.82, 2.24) is 9.78 Å². The van der Waals surface area contributed by atoms with Crippen LogP contribution in [0.5, 0.6) is 5.75 Å². The quantitative estimate of drug-likeness (QED) is 0.409. The summed E-state index contributed by atoms with van der Waals surface area (Å²) in [5.41, 5.74) is 1.47. The zero-order valence-electron chi connectivity index (χ0n) is 14.6. The number of rotatable bonds is 7. The summed E-state index contributed by atoms with van der Waals surface area (Å²) in [4.78, 5) is 13.3. The van der Waals surface area contributed by atoms with Gasteiger partial charge in [-0.1, -0.05) is 34.1 Å². The van der Waals surface area contributed by atoms with Gasteiger partial charge in [0.25, 0.3) is 0 Å². The average molecular weight is 444 g/mol. The molecule has 0 radical (unpaired) electrons. The van der Waals surface area contributed by atoms with Crippen LogP contribution in [0.25, 0.3) is 6.08 Å². The number of carbonyl (C=O) groups excluding carboxylic acids is 1. The molecule has 0 aliphatic heterocycles. The molecule has 3 aromatic rings. The van der Waals surface area contributed by atoms with Crippen LogP contribution in [0.15, 0.2) is 76.4 Å². The van der Waals surface area contributed by atoms with Crippen LogP contribution in [0.1, 0.15) is 5.56 Å². The normalized spacial score (nSPS) is 10.9. The number of halogens is 1. The van der Waals surface area contributed by atoms with Gasteiger partial charge in [0.05, 0.1) is 24.9 Å². The summed E-state index contributed by atoms with van der Waals surface area (Å²) in [7, 11) is 1.60. The molecule has 1 amide bonds. The van der Waals surface area contributed by atoms with Gasteiger partial charge in [-0.15, -0.1) is 11.8 Å². The Kier molecular flexibility index (Phi) is 6.73. The van der Waals surface area contributed by atoms with Gasteiger partial charge in [-0.2, -0.15) is 5.10 Å². The van der Waals surface area contributed by atoms with E-state index < -0.39 is 0 Å². The fourth-order valence-corrected chi connectivity index (χ4v) is 3.49. The molecule has 0 aliphatic rings. The molecule has 5 nitrogen and oxygen atoms in total. The minimum atomic E-state index is -0.229. The van der Waals surface area contributed by atoms with Crippen LogP contribution >= 0.6 is 27.7 Å². The van der Waals surface area contributed by atoms with Crippen LogP contribution < -0.4 is 10.1 Å². The van der Waals surface area contributed by atoms with Crippen LogP contribution in [-0.4, -0.2) is 22.8 Å². The molecule has 2 aromatic carbocycles. The van der Waals surface area contributed by atoms with Crippen molar-refractivity contribution in [3.8, 4) is 5.75 Å². The summed E-state index contributed by atoms with van der Waals surface area (Å²) in [5.74, 6) is 1.14. The van der Waals surface area contributed by atoms with Crippen LogP contribution in [0.2, 0.25) is 0 Å². The summed E-state index contributed by atoms with van der Waals surface area (Å²) >= 11 is 5.09. The first-order valence-corrected chi connectivity index (χ1v) is 9.95. The van der Waals surface area contributed by atoms with E-state index in [0.717, 1.165) is 10.0 Å². The maximum absolute atomic E-state index is 12.2. The van der Waals surface area contributed by atoms with Crippen molar-refractivity contribution in [1.29, 1.82) is 0 Å². The molecule has 0 bridgehead atoms. The molecule has 0 atom stereocenters. The highest BCUT2D eigenvalue weighted by Gasteiger charge is 2.04. The van der Waals surface area contributed by atoms with E-state index in [0.29, 0.717) is 17.3 Å². The second kappa shape index (κ2) is 9.43. The number of hydrogen-bond donors (Lipinski definition) is 1. The van der Waals surface area contributed by atoms with Crippen molar-refractivity contribution >= 4 is 45.4 Å². The summed E-state index contributed by atoms with van der Waals surface area (Å²) in [5, 5.41) is 7.08. The topological polar surface area (TPSA) is 56.1 Å². The fraction of sp³-hybridized carbons (Fsp3) is 0.100. The summed E-state index contributed by atoms with van der Waals surface area (Å²) in [6.07, 6.45) is 6.63. The van der Waals surface area contributed by atoms with Gasteiger partial charge < -0.3 is 10.1 Å². The number of benzene rings is 2. The molecular weight excluding hydrogens is 426 g/mol. The van der Waals surface area contributed by atoms with Crippen LogP contribution in [0.4, 0.5) is 5.69 Å². The van der Waals surface area contributed by atoms with Crippen molar-refractivity contribution in [2.45, 2.75) is 10.8 Å². The first kappa shape index (κ1) is 19.3. The Bertz CT molecular complexity index is 941. The van der Waals surface area contributed by atoms with Crippen molar-refractivity contribution in [2.75, 3.05) is 12.4 Å². The van der Waals surface area contributed by atoms with Gasteiger partial charge in [0.1, 0.15) is 5.75 Å². The molecule has 1 N–H and O–H groups in total. The first-order valence-electron chi connectivity index (χ1n) is 8.17. The van der Waals surface area contributed by atoms with Crippen molar-refractivity contribution in [3.05, 3.63) is 77.0 Å². The lowest BCUT2D eigenvalue weighted by Crippen LogP contribution is -2.07. The number of aromatic nitrogens is 2. The molecule has 0 aliphatic carbocycles. The summed E-state index contributed by atoms with van der Waals surface area (Å²) in [6, 6.07) is 15.7. The highest BCUT2D eigenvalue weighted by molar-refractivity contribution is 9.10. The van der Waals surface area contributed by atoms with E-state index in [1.54, 1.807) is 42.0 Å². The van der Waals surface area contributed by atoms with E-state index in [-0.39, 0.29) is 5.91 Å². The van der Waals surface area contributed by atoms with Gasteiger partial charge in [0.15, 0.2) is 0 Å². The van der Waals surface area contributed by atoms with Gasteiger partial charge in [-0.3, -0.25) is 9.48 Å². The maximum Gasteiger partial charge on any atom is 0.248 e. The van der Waals surface area contributed by atoms with Gasteiger partial charge in [-0.05, 0) is 36.4 Å². The lowest BCUT2D eigenvalue weighted by molar-refractivity contribution is -0.111. The second-order valence-corrected chi connectivity index (χ2v) is 7.50. The minimum absolute atomic E-state index is 0.229. The van der Waals surface area contributed by atoms with E-state index >= 15 is 0 Å². The molecule has 27 heavy (non-hydrogen) atoms. The maximum atomic E-state index is 12.2. The Labute approximate surface area is 170 Å². The van der Waals surface area contributed by atoms with Crippen LogP contribution in [-0.2, 0) is 10.7 Å². The highest BCUT2D eigenvalue weighted by atomic mass is 79.9. The Hall–Kier alpha value is -2.51. The predicted molar refractivity (Wildman–Crippen MR) is 113 cm³/mol. The molecule has 138 valence electrons. The number of ether oxygens (including phenoxy) is 1. The number of thioether (sulfide) groups is 1. The Morgan fingerprint density at radius 3 is 2.89 bits per heavy atom. The van der Waals surface area contributed by atoms with E-state index in [9.17, 15) is 4.79 Å². The first-order chi connectivity index (χ1) is 13.1. The predicted octanol–water partition coefficient (Wildman–Crippen LogP) is 5.06. The number of nitrogens with one attached hydrogen (secondary N) is 1. The molecule has 0 fully saturated rings. The molecular formula is C20H18BrN3O2S. The third kappa shape index (κ3) is 5.74. The van der Waals surface area contributed by atoms with Crippen molar-refractivity contribution < 1.29 is 9.53 Å². The van der Waals surface area contributed by atoms with E-state index in [1.807, 2.05) is 36.4 Å². The van der Waals surface area contributed by atoms with Crippen LogP contribution in [0, 0.1) is 0 Å². The van der Waals surface area contributed by atoms with E-state index in [4.69, 9.17) is 4.74 Å². The Balaban J connectivity index is 1.57. The fourth-order valence-electron chi connectivity index (χ4n) is 2.34. The summed E-state index contributed by atoms with van der Waals surface area (Å²) < 4.78 is 8.00.